The van der Waals surface area contributed by atoms with Crippen molar-refractivity contribution in [2.24, 2.45) is 0 Å². The van der Waals surface area contributed by atoms with Crippen LogP contribution >= 0.6 is 0 Å². The van der Waals surface area contributed by atoms with Gasteiger partial charge in [0.25, 0.3) is 0 Å². The predicted molar refractivity (Wildman–Crippen MR) is 57.8 cm³/mol. The average Bonchev–Trinajstić information content (AvgIpc) is 2.30. The molecule has 0 bridgehead atoms. The van der Waals surface area contributed by atoms with Crippen LogP contribution in [0.1, 0.15) is 24.3 Å². The van der Waals surface area contributed by atoms with Crippen LogP contribution in [0.2, 0.25) is 0 Å². The van der Waals surface area contributed by atoms with Crippen LogP contribution in [0.4, 0.5) is 0 Å². The van der Waals surface area contributed by atoms with Gasteiger partial charge in [-0.05, 0) is 43.0 Å². The molecule has 0 radical (unpaired) electrons. The van der Waals surface area contributed by atoms with Gasteiger partial charge >= 0.3 is 0 Å². The SMILES string of the molecule is COc1cccc([C@H]2CCCNC2)c1. The molecule has 1 aliphatic rings. The van der Waals surface area contributed by atoms with Crippen LogP contribution in [0.3, 0.4) is 0 Å². The summed E-state index contributed by atoms with van der Waals surface area (Å²) in [5.74, 6) is 1.63. The third-order valence-corrected chi connectivity index (χ3v) is 2.86. The quantitative estimate of drug-likeness (QED) is 0.773. The molecular formula is C12H17NO. The maximum atomic E-state index is 5.23. The van der Waals surface area contributed by atoms with Gasteiger partial charge in [-0.1, -0.05) is 12.1 Å². The zero-order chi connectivity index (χ0) is 9.80. The molecule has 2 rings (SSSR count). The van der Waals surface area contributed by atoms with E-state index in [1.54, 1.807) is 7.11 Å². The molecule has 0 spiro atoms. The fourth-order valence-electron chi connectivity index (χ4n) is 2.03. The average molecular weight is 191 g/mol. The van der Waals surface area contributed by atoms with Crippen LogP contribution in [0, 0.1) is 0 Å². The molecule has 1 saturated heterocycles. The number of benzene rings is 1. The van der Waals surface area contributed by atoms with Crippen LogP contribution in [-0.2, 0) is 0 Å². The van der Waals surface area contributed by atoms with E-state index in [9.17, 15) is 0 Å². The Balaban J connectivity index is 2.13. The topological polar surface area (TPSA) is 21.3 Å². The molecule has 0 aliphatic carbocycles. The molecule has 1 aliphatic heterocycles. The summed E-state index contributed by atoms with van der Waals surface area (Å²) in [6.45, 7) is 2.27. The molecular weight excluding hydrogens is 174 g/mol. The number of ether oxygens (including phenoxy) is 1. The van der Waals surface area contributed by atoms with Gasteiger partial charge in [0.1, 0.15) is 5.75 Å². The monoisotopic (exact) mass is 191 g/mol. The standard InChI is InChI=1S/C12H17NO/c1-14-12-6-2-4-10(8-12)11-5-3-7-13-9-11/h2,4,6,8,11,13H,3,5,7,9H2,1H3/t11-/m0/s1. The van der Waals surface area contributed by atoms with E-state index in [1.165, 1.54) is 24.9 Å². The van der Waals surface area contributed by atoms with E-state index in [1.807, 2.05) is 6.07 Å². The highest BCUT2D eigenvalue weighted by Gasteiger charge is 2.14. The molecule has 14 heavy (non-hydrogen) atoms. The molecule has 1 atom stereocenters. The molecule has 1 fully saturated rings. The Morgan fingerprint density at radius 1 is 1.43 bits per heavy atom. The van der Waals surface area contributed by atoms with Crippen molar-refractivity contribution in [2.45, 2.75) is 18.8 Å². The molecule has 0 aromatic heterocycles. The molecule has 1 aromatic carbocycles. The summed E-state index contributed by atoms with van der Waals surface area (Å²) in [5, 5.41) is 3.43. The summed E-state index contributed by atoms with van der Waals surface area (Å²) in [5.41, 5.74) is 1.40. The van der Waals surface area contributed by atoms with Gasteiger partial charge in [-0.3, -0.25) is 0 Å². The molecule has 1 N–H and O–H groups in total. The van der Waals surface area contributed by atoms with E-state index in [4.69, 9.17) is 4.74 Å². The Kier molecular flexibility index (Phi) is 3.04. The number of rotatable bonds is 2. The molecule has 2 nitrogen and oxygen atoms in total. The van der Waals surface area contributed by atoms with Gasteiger partial charge < -0.3 is 10.1 Å². The fourth-order valence-corrected chi connectivity index (χ4v) is 2.03. The van der Waals surface area contributed by atoms with E-state index in [2.05, 4.69) is 23.5 Å². The van der Waals surface area contributed by atoms with E-state index < -0.39 is 0 Å². The highest BCUT2D eigenvalue weighted by atomic mass is 16.5. The van der Waals surface area contributed by atoms with Crippen LogP contribution in [0.25, 0.3) is 0 Å². The number of hydrogen-bond acceptors (Lipinski definition) is 2. The van der Waals surface area contributed by atoms with Crippen molar-refractivity contribution in [1.82, 2.24) is 5.32 Å². The number of hydrogen-bond donors (Lipinski definition) is 1. The van der Waals surface area contributed by atoms with Gasteiger partial charge in [0.05, 0.1) is 7.11 Å². The predicted octanol–water partition coefficient (Wildman–Crippen LogP) is 2.16. The Hall–Kier alpha value is -1.02. The Bertz CT molecular complexity index is 292. The Morgan fingerprint density at radius 3 is 3.07 bits per heavy atom. The first-order chi connectivity index (χ1) is 6.90. The second-order valence-corrected chi connectivity index (χ2v) is 3.82. The van der Waals surface area contributed by atoms with Crippen molar-refractivity contribution >= 4 is 0 Å². The van der Waals surface area contributed by atoms with Crippen molar-refractivity contribution in [2.75, 3.05) is 20.2 Å². The molecule has 2 heteroatoms. The van der Waals surface area contributed by atoms with Crippen LogP contribution < -0.4 is 10.1 Å². The lowest BCUT2D eigenvalue weighted by Gasteiger charge is -2.23. The summed E-state index contributed by atoms with van der Waals surface area (Å²) >= 11 is 0. The van der Waals surface area contributed by atoms with Gasteiger partial charge in [-0.2, -0.15) is 0 Å². The minimum Gasteiger partial charge on any atom is -0.497 e. The van der Waals surface area contributed by atoms with Gasteiger partial charge in [0.15, 0.2) is 0 Å². The highest BCUT2D eigenvalue weighted by molar-refractivity contribution is 5.31. The van der Waals surface area contributed by atoms with Crippen molar-refractivity contribution < 1.29 is 4.74 Å². The van der Waals surface area contributed by atoms with Gasteiger partial charge in [0.2, 0.25) is 0 Å². The Morgan fingerprint density at radius 2 is 2.36 bits per heavy atom. The van der Waals surface area contributed by atoms with Gasteiger partial charge in [-0.25, -0.2) is 0 Å². The second-order valence-electron chi connectivity index (χ2n) is 3.82. The van der Waals surface area contributed by atoms with Crippen molar-refractivity contribution in [3.8, 4) is 5.75 Å². The summed E-state index contributed by atoms with van der Waals surface area (Å²) < 4.78 is 5.23. The minimum atomic E-state index is 0.666. The van der Waals surface area contributed by atoms with Crippen LogP contribution in [0.15, 0.2) is 24.3 Å². The summed E-state index contributed by atoms with van der Waals surface area (Å²) in [6, 6.07) is 8.42. The molecule has 0 unspecified atom stereocenters. The zero-order valence-corrected chi connectivity index (χ0v) is 8.62. The van der Waals surface area contributed by atoms with E-state index in [-0.39, 0.29) is 0 Å². The smallest absolute Gasteiger partial charge is 0.119 e. The molecule has 0 saturated carbocycles. The van der Waals surface area contributed by atoms with Crippen molar-refractivity contribution in [3.63, 3.8) is 0 Å². The highest BCUT2D eigenvalue weighted by Crippen LogP contribution is 2.25. The number of methoxy groups -OCH3 is 1. The number of nitrogens with one attached hydrogen (secondary N) is 1. The molecule has 0 amide bonds. The lowest BCUT2D eigenvalue weighted by atomic mass is 9.92. The summed E-state index contributed by atoms with van der Waals surface area (Å²) in [4.78, 5) is 0. The van der Waals surface area contributed by atoms with Gasteiger partial charge in [0, 0.05) is 6.54 Å². The first kappa shape index (κ1) is 9.53. The molecule has 1 aromatic rings. The zero-order valence-electron chi connectivity index (χ0n) is 8.62. The van der Waals surface area contributed by atoms with Crippen LogP contribution in [0.5, 0.6) is 5.75 Å². The second kappa shape index (κ2) is 4.47. The normalized spacial score (nSPS) is 21.9. The van der Waals surface area contributed by atoms with E-state index in [0.29, 0.717) is 5.92 Å². The lowest BCUT2D eigenvalue weighted by molar-refractivity contribution is 0.411. The third kappa shape index (κ3) is 2.07. The first-order valence-electron chi connectivity index (χ1n) is 5.25. The summed E-state index contributed by atoms with van der Waals surface area (Å²) in [7, 11) is 1.72. The lowest BCUT2D eigenvalue weighted by Crippen LogP contribution is -2.28. The molecule has 1 heterocycles. The van der Waals surface area contributed by atoms with Crippen LogP contribution in [-0.4, -0.2) is 20.2 Å². The first-order valence-corrected chi connectivity index (χ1v) is 5.25. The van der Waals surface area contributed by atoms with Crippen molar-refractivity contribution in [1.29, 1.82) is 0 Å². The summed E-state index contributed by atoms with van der Waals surface area (Å²) in [6.07, 6.45) is 2.57. The minimum absolute atomic E-state index is 0.666. The Labute approximate surface area is 85.3 Å². The van der Waals surface area contributed by atoms with E-state index >= 15 is 0 Å². The van der Waals surface area contributed by atoms with Crippen molar-refractivity contribution in [3.05, 3.63) is 29.8 Å². The fraction of sp³-hybridized carbons (Fsp3) is 0.500. The van der Waals surface area contributed by atoms with E-state index in [0.717, 1.165) is 12.3 Å². The molecule has 76 valence electrons. The maximum Gasteiger partial charge on any atom is 0.119 e. The number of piperidine rings is 1. The largest absolute Gasteiger partial charge is 0.497 e. The van der Waals surface area contributed by atoms with Gasteiger partial charge in [-0.15, -0.1) is 0 Å². The maximum absolute atomic E-state index is 5.23. The third-order valence-electron chi connectivity index (χ3n) is 2.86.